The third-order valence-electron chi connectivity index (χ3n) is 3.63. The van der Waals surface area contributed by atoms with Gasteiger partial charge in [-0.15, -0.1) is 0 Å². The van der Waals surface area contributed by atoms with Crippen LogP contribution in [0.15, 0.2) is 23.3 Å². The number of amides is 2. The fourth-order valence-electron chi connectivity index (χ4n) is 2.64. The minimum Gasteiger partial charge on any atom is -0.322 e. The first-order chi connectivity index (χ1) is 9.54. The Morgan fingerprint density at radius 3 is 2.50 bits per heavy atom. The predicted molar refractivity (Wildman–Crippen MR) is 70.2 cm³/mol. The Balaban J connectivity index is 1.81. The van der Waals surface area contributed by atoms with Crippen molar-refractivity contribution in [3.05, 3.63) is 35.4 Å². The van der Waals surface area contributed by atoms with Gasteiger partial charge in [-0.1, -0.05) is 6.92 Å². The van der Waals surface area contributed by atoms with Crippen LogP contribution in [-0.2, 0) is 0 Å². The van der Waals surface area contributed by atoms with E-state index in [1.165, 1.54) is 17.1 Å². The monoisotopic (exact) mass is 279 g/mol. The molecule has 2 aliphatic heterocycles. The molecule has 0 aromatic heterocycles. The molecule has 0 radical (unpaired) electrons. The summed E-state index contributed by atoms with van der Waals surface area (Å²) in [5.41, 5.74) is 0.432. The van der Waals surface area contributed by atoms with Crippen LogP contribution in [0.2, 0.25) is 0 Å². The van der Waals surface area contributed by atoms with Crippen LogP contribution in [0.4, 0.5) is 13.6 Å². The van der Waals surface area contributed by atoms with Crippen molar-refractivity contribution in [1.82, 2.24) is 9.91 Å². The van der Waals surface area contributed by atoms with Gasteiger partial charge < -0.3 is 4.90 Å². The molecule has 1 aromatic rings. The zero-order valence-electron chi connectivity index (χ0n) is 11.1. The molecule has 2 heterocycles. The first-order valence-electron chi connectivity index (χ1n) is 6.61. The van der Waals surface area contributed by atoms with Gasteiger partial charge in [0.25, 0.3) is 0 Å². The molecule has 0 spiro atoms. The van der Waals surface area contributed by atoms with Crippen molar-refractivity contribution >= 4 is 12.2 Å². The van der Waals surface area contributed by atoms with Crippen LogP contribution in [0.1, 0.15) is 24.9 Å². The summed E-state index contributed by atoms with van der Waals surface area (Å²) < 4.78 is 26.6. The van der Waals surface area contributed by atoms with E-state index in [0.29, 0.717) is 31.0 Å². The highest BCUT2D eigenvalue weighted by Crippen LogP contribution is 2.31. The third-order valence-corrected chi connectivity index (χ3v) is 3.63. The average Bonchev–Trinajstić information content (AvgIpc) is 2.82. The van der Waals surface area contributed by atoms with Crippen LogP contribution >= 0.6 is 0 Å². The molecule has 6 heteroatoms. The van der Waals surface area contributed by atoms with Gasteiger partial charge in [0.05, 0.1) is 6.04 Å². The second kappa shape index (κ2) is 4.85. The van der Waals surface area contributed by atoms with Gasteiger partial charge >= 0.3 is 6.03 Å². The minimum absolute atomic E-state index is 0.202. The van der Waals surface area contributed by atoms with E-state index in [2.05, 4.69) is 12.0 Å². The van der Waals surface area contributed by atoms with E-state index >= 15 is 0 Å². The standard InChI is InChI=1S/C14H15F2N3O/c1-9-7-18(8-9)14(20)19-13(2-3-17-19)10-4-11(15)6-12(16)5-10/h3-6,9,13H,2,7-8H2,1H3/t13-/m0/s1. The molecule has 20 heavy (non-hydrogen) atoms. The lowest BCUT2D eigenvalue weighted by Crippen LogP contribution is -2.52. The Morgan fingerprint density at radius 2 is 1.90 bits per heavy atom. The number of hydrogen-bond donors (Lipinski definition) is 0. The third kappa shape index (κ3) is 2.26. The maximum atomic E-state index is 13.3. The van der Waals surface area contributed by atoms with Crippen molar-refractivity contribution in [2.75, 3.05) is 13.1 Å². The lowest BCUT2D eigenvalue weighted by molar-refractivity contribution is 0.0897. The van der Waals surface area contributed by atoms with Crippen molar-refractivity contribution in [3.8, 4) is 0 Å². The lowest BCUT2D eigenvalue weighted by atomic mass is 10.0. The Kier molecular flexibility index (Phi) is 3.16. The quantitative estimate of drug-likeness (QED) is 0.778. The predicted octanol–water partition coefficient (Wildman–Crippen LogP) is 2.77. The van der Waals surface area contributed by atoms with Crippen molar-refractivity contribution in [2.45, 2.75) is 19.4 Å². The lowest BCUT2D eigenvalue weighted by Gasteiger charge is -2.39. The van der Waals surface area contributed by atoms with Gasteiger partial charge in [0.15, 0.2) is 0 Å². The van der Waals surface area contributed by atoms with E-state index in [-0.39, 0.29) is 6.03 Å². The molecule has 0 unspecified atom stereocenters. The van der Waals surface area contributed by atoms with E-state index in [0.717, 1.165) is 6.07 Å². The van der Waals surface area contributed by atoms with Crippen molar-refractivity contribution in [2.24, 2.45) is 11.0 Å². The molecule has 0 bridgehead atoms. The molecule has 4 nitrogen and oxygen atoms in total. The van der Waals surface area contributed by atoms with E-state index < -0.39 is 17.7 Å². The fourth-order valence-corrected chi connectivity index (χ4v) is 2.64. The molecule has 3 rings (SSSR count). The summed E-state index contributed by atoms with van der Waals surface area (Å²) in [4.78, 5) is 14.0. The van der Waals surface area contributed by atoms with Crippen LogP contribution < -0.4 is 0 Å². The summed E-state index contributed by atoms with van der Waals surface area (Å²) >= 11 is 0. The van der Waals surface area contributed by atoms with Gasteiger partial charge in [-0.25, -0.2) is 18.6 Å². The van der Waals surface area contributed by atoms with Crippen LogP contribution in [-0.4, -0.2) is 35.2 Å². The van der Waals surface area contributed by atoms with Crippen LogP contribution in [0.3, 0.4) is 0 Å². The van der Waals surface area contributed by atoms with Crippen LogP contribution in [0.25, 0.3) is 0 Å². The molecular weight excluding hydrogens is 264 g/mol. The van der Waals surface area contributed by atoms with Gasteiger partial charge in [-0.3, -0.25) is 0 Å². The average molecular weight is 279 g/mol. The van der Waals surface area contributed by atoms with Crippen molar-refractivity contribution in [3.63, 3.8) is 0 Å². The molecule has 0 aliphatic carbocycles. The highest BCUT2D eigenvalue weighted by atomic mass is 19.1. The topological polar surface area (TPSA) is 35.9 Å². The minimum atomic E-state index is -0.642. The summed E-state index contributed by atoms with van der Waals surface area (Å²) in [6.45, 7) is 3.47. The molecule has 1 fully saturated rings. The highest BCUT2D eigenvalue weighted by Gasteiger charge is 2.36. The molecule has 2 aliphatic rings. The largest absolute Gasteiger partial charge is 0.341 e. The molecule has 0 saturated carbocycles. The van der Waals surface area contributed by atoms with E-state index in [1.807, 2.05) is 0 Å². The molecule has 0 N–H and O–H groups in total. The summed E-state index contributed by atoms with van der Waals surface area (Å²) in [7, 11) is 0. The second-order valence-electron chi connectivity index (χ2n) is 5.39. The Bertz CT molecular complexity index is 549. The van der Waals surface area contributed by atoms with Crippen LogP contribution in [0.5, 0.6) is 0 Å². The maximum absolute atomic E-state index is 13.3. The number of hydrogen-bond acceptors (Lipinski definition) is 2. The number of likely N-dealkylation sites (tertiary alicyclic amines) is 1. The zero-order valence-corrected chi connectivity index (χ0v) is 11.1. The summed E-state index contributed by atoms with van der Waals surface area (Å²) in [6, 6.07) is 2.70. The molecule has 1 aromatic carbocycles. The second-order valence-corrected chi connectivity index (χ2v) is 5.39. The number of carbonyl (C=O) groups excluding carboxylic acids is 1. The Labute approximate surface area is 115 Å². The summed E-state index contributed by atoms with van der Waals surface area (Å²) in [6.07, 6.45) is 2.08. The van der Waals surface area contributed by atoms with Crippen molar-refractivity contribution in [1.29, 1.82) is 0 Å². The van der Waals surface area contributed by atoms with Gasteiger partial charge in [-0.05, 0) is 23.6 Å². The van der Waals surface area contributed by atoms with Crippen LogP contribution in [0, 0.1) is 17.6 Å². The number of hydrazone groups is 1. The molecular formula is C14H15F2N3O. The van der Waals surface area contributed by atoms with Gasteiger partial charge in [0.2, 0.25) is 0 Å². The molecule has 106 valence electrons. The van der Waals surface area contributed by atoms with Crippen molar-refractivity contribution < 1.29 is 13.6 Å². The summed E-state index contributed by atoms with van der Waals surface area (Å²) in [5, 5.41) is 5.37. The van der Waals surface area contributed by atoms with E-state index in [4.69, 9.17) is 0 Å². The molecule has 1 saturated heterocycles. The number of benzene rings is 1. The molecule has 1 atom stereocenters. The molecule has 2 amide bonds. The number of urea groups is 1. The Hall–Kier alpha value is -1.98. The first-order valence-corrected chi connectivity index (χ1v) is 6.61. The van der Waals surface area contributed by atoms with E-state index in [1.54, 1.807) is 11.1 Å². The number of nitrogens with zero attached hydrogens (tertiary/aromatic N) is 3. The maximum Gasteiger partial charge on any atom is 0.341 e. The first kappa shape index (κ1) is 13.0. The smallest absolute Gasteiger partial charge is 0.322 e. The van der Waals surface area contributed by atoms with Gasteiger partial charge in [0, 0.05) is 31.8 Å². The fraction of sp³-hybridized carbons (Fsp3) is 0.429. The normalized spacial score (nSPS) is 22.2. The van der Waals surface area contributed by atoms with E-state index in [9.17, 15) is 13.6 Å². The van der Waals surface area contributed by atoms with Gasteiger partial charge in [-0.2, -0.15) is 5.10 Å². The summed E-state index contributed by atoms with van der Waals surface area (Å²) in [5.74, 6) is -0.788. The van der Waals surface area contributed by atoms with Gasteiger partial charge in [0.1, 0.15) is 11.6 Å². The number of halogens is 2. The SMILES string of the molecule is CC1CN(C(=O)N2N=CC[C@H]2c2cc(F)cc(F)c2)C1. The highest BCUT2D eigenvalue weighted by molar-refractivity contribution is 5.79. The zero-order chi connectivity index (χ0) is 14.3. The number of carbonyl (C=O) groups is 1. The Morgan fingerprint density at radius 1 is 1.25 bits per heavy atom. The number of rotatable bonds is 1.